The van der Waals surface area contributed by atoms with Gasteiger partial charge in [0.1, 0.15) is 11.8 Å². The molecule has 1 aliphatic heterocycles. The van der Waals surface area contributed by atoms with Gasteiger partial charge >= 0.3 is 0 Å². The lowest BCUT2D eigenvalue weighted by Gasteiger charge is -2.23. The molecule has 1 aliphatic rings. The van der Waals surface area contributed by atoms with E-state index in [9.17, 15) is 9.59 Å². The van der Waals surface area contributed by atoms with Crippen LogP contribution in [0, 0.1) is 0 Å². The monoisotopic (exact) mass is 416 g/mol. The highest BCUT2D eigenvalue weighted by atomic mass is 35.5. The number of furan rings is 1. The van der Waals surface area contributed by atoms with Gasteiger partial charge < -0.3 is 9.73 Å². The third-order valence-corrected chi connectivity index (χ3v) is 4.74. The predicted molar refractivity (Wildman–Crippen MR) is 112 cm³/mol. The summed E-state index contributed by atoms with van der Waals surface area (Å²) in [5, 5.41) is 9.50. The van der Waals surface area contributed by atoms with Gasteiger partial charge in [0.15, 0.2) is 0 Å². The molecule has 7 nitrogen and oxygen atoms in total. The minimum Gasteiger partial charge on any atom is -0.467 e. The van der Waals surface area contributed by atoms with Gasteiger partial charge in [0.25, 0.3) is 5.91 Å². The Morgan fingerprint density at radius 2 is 2.00 bits per heavy atom. The molecule has 0 fully saturated rings. The molecule has 0 unspecified atom stereocenters. The molecular weight excluding hydrogens is 392 g/mol. The summed E-state index contributed by atoms with van der Waals surface area (Å²) < 4.78 is 5.55. The van der Waals surface area contributed by atoms with Crippen molar-refractivity contribution in [2.75, 3.05) is 20.1 Å². The third kappa shape index (κ3) is 5.46. The number of halogens is 1. The number of likely N-dealkylation sites (N-methyl/N-ethyl adjacent to an activating group) is 1. The van der Waals surface area contributed by atoms with Gasteiger partial charge in [0, 0.05) is 17.5 Å². The minimum absolute atomic E-state index is 0.0556. The molecule has 154 valence electrons. The molecule has 2 aromatic rings. The lowest BCUT2D eigenvalue weighted by molar-refractivity contribution is -0.134. The molecule has 3 rings (SSSR count). The maximum Gasteiger partial charge on any atom is 0.257 e. The van der Waals surface area contributed by atoms with E-state index in [2.05, 4.69) is 10.4 Å². The maximum atomic E-state index is 13.0. The van der Waals surface area contributed by atoms with Gasteiger partial charge in [-0.2, -0.15) is 5.10 Å². The number of nitrogens with one attached hydrogen (secondary N) is 1. The first-order valence-electron chi connectivity index (χ1n) is 9.50. The van der Waals surface area contributed by atoms with Crippen LogP contribution in [-0.2, 0) is 9.59 Å². The second kappa shape index (κ2) is 9.24. The normalized spacial score (nSPS) is 16.4. The number of benzene rings is 1. The molecule has 1 atom stereocenters. The smallest absolute Gasteiger partial charge is 0.257 e. The number of hydrogen-bond acceptors (Lipinski definition) is 5. The van der Waals surface area contributed by atoms with Crippen LogP contribution in [-0.4, -0.2) is 53.6 Å². The molecule has 8 heteroatoms. The number of carbonyl (C=O) groups is 2. The first-order chi connectivity index (χ1) is 13.8. The lowest BCUT2D eigenvalue weighted by Crippen LogP contribution is -2.42. The Balaban J connectivity index is 1.74. The summed E-state index contributed by atoms with van der Waals surface area (Å²) in [5.41, 5.74) is 1.70. The first kappa shape index (κ1) is 21.1. The quantitative estimate of drug-likeness (QED) is 0.752. The summed E-state index contributed by atoms with van der Waals surface area (Å²) in [6.07, 6.45) is 2.12. The number of carbonyl (C=O) groups excluding carboxylic acids is 2. The van der Waals surface area contributed by atoms with Crippen LogP contribution in [0.25, 0.3) is 0 Å². The van der Waals surface area contributed by atoms with Crippen LogP contribution < -0.4 is 5.32 Å². The van der Waals surface area contributed by atoms with Crippen LogP contribution in [0.15, 0.2) is 52.2 Å². The summed E-state index contributed by atoms with van der Waals surface area (Å²) in [4.78, 5) is 26.6. The maximum absolute atomic E-state index is 13.0. The second-order valence-corrected chi connectivity index (χ2v) is 7.86. The van der Waals surface area contributed by atoms with Crippen molar-refractivity contribution in [2.24, 2.45) is 5.10 Å². The highest BCUT2D eigenvalue weighted by molar-refractivity contribution is 6.30. The van der Waals surface area contributed by atoms with E-state index in [1.807, 2.05) is 32.0 Å². The van der Waals surface area contributed by atoms with Crippen molar-refractivity contribution in [3.05, 3.63) is 59.0 Å². The van der Waals surface area contributed by atoms with E-state index in [0.717, 1.165) is 11.3 Å². The summed E-state index contributed by atoms with van der Waals surface area (Å²) in [6, 6.07) is 10.7. The number of hydrazone groups is 1. The number of amides is 2. The van der Waals surface area contributed by atoms with Crippen molar-refractivity contribution in [2.45, 2.75) is 32.4 Å². The Hall–Kier alpha value is -2.64. The topological polar surface area (TPSA) is 78.2 Å². The summed E-state index contributed by atoms with van der Waals surface area (Å²) >= 11 is 5.98. The Morgan fingerprint density at radius 1 is 1.28 bits per heavy atom. The zero-order valence-corrected chi connectivity index (χ0v) is 17.5. The highest BCUT2D eigenvalue weighted by Crippen LogP contribution is 2.33. The second-order valence-electron chi connectivity index (χ2n) is 7.42. The fourth-order valence-corrected chi connectivity index (χ4v) is 3.36. The number of hydrogen-bond donors (Lipinski definition) is 1. The fraction of sp³-hybridized carbons (Fsp3) is 0.381. The zero-order chi connectivity index (χ0) is 21.0. The Bertz CT molecular complexity index is 878. The van der Waals surface area contributed by atoms with E-state index in [-0.39, 0.29) is 37.0 Å². The minimum atomic E-state index is -0.318. The first-order valence-corrected chi connectivity index (χ1v) is 9.88. The molecule has 0 aliphatic carbocycles. The van der Waals surface area contributed by atoms with E-state index in [1.165, 1.54) is 5.01 Å². The van der Waals surface area contributed by atoms with Crippen LogP contribution in [0.4, 0.5) is 0 Å². The molecule has 29 heavy (non-hydrogen) atoms. The molecule has 0 saturated heterocycles. The predicted octanol–water partition coefficient (Wildman–Crippen LogP) is 3.07. The number of nitrogens with zero attached hydrogens (tertiary/aromatic N) is 3. The molecular formula is C21H25ClN4O3. The van der Waals surface area contributed by atoms with Gasteiger partial charge in [-0.15, -0.1) is 0 Å². The number of rotatable bonds is 7. The molecule has 2 amide bonds. The molecule has 0 radical (unpaired) electrons. The van der Waals surface area contributed by atoms with Crippen molar-refractivity contribution in [3.8, 4) is 0 Å². The van der Waals surface area contributed by atoms with Crippen molar-refractivity contribution in [3.63, 3.8) is 0 Å². The molecule has 0 spiro atoms. The van der Waals surface area contributed by atoms with Crippen molar-refractivity contribution in [1.29, 1.82) is 0 Å². The highest BCUT2D eigenvalue weighted by Gasteiger charge is 2.35. The zero-order valence-electron chi connectivity index (χ0n) is 16.8. The molecule has 1 N–H and O–H groups in total. The van der Waals surface area contributed by atoms with Crippen molar-refractivity contribution in [1.82, 2.24) is 15.2 Å². The third-order valence-electron chi connectivity index (χ3n) is 4.48. The standard InChI is InChI=1S/C21H25ClN4O3/c1-14(2)23-20(27)12-25(3)13-21(28)26-18(19-5-4-10-29-19)11-17(24-26)15-6-8-16(22)9-7-15/h4-10,14,18H,11-13H2,1-3H3,(H,23,27)/t18-/m1/s1. The van der Waals surface area contributed by atoms with Gasteiger partial charge in [-0.05, 0) is 50.7 Å². The molecule has 0 bridgehead atoms. The van der Waals surface area contributed by atoms with Gasteiger partial charge in [-0.25, -0.2) is 5.01 Å². The fourth-order valence-electron chi connectivity index (χ4n) is 3.23. The Kier molecular flexibility index (Phi) is 6.71. The average Bonchev–Trinajstić information content (AvgIpc) is 3.31. The average molecular weight is 417 g/mol. The van der Waals surface area contributed by atoms with Gasteiger partial charge in [-0.1, -0.05) is 23.7 Å². The van der Waals surface area contributed by atoms with Crippen molar-refractivity contribution < 1.29 is 14.0 Å². The van der Waals surface area contributed by atoms with E-state index in [0.29, 0.717) is 17.2 Å². The molecule has 1 aromatic carbocycles. The van der Waals surface area contributed by atoms with E-state index in [1.54, 1.807) is 36.4 Å². The van der Waals surface area contributed by atoms with Crippen LogP contribution in [0.3, 0.4) is 0 Å². The van der Waals surface area contributed by atoms with E-state index < -0.39 is 0 Å². The molecule has 0 saturated carbocycles. The van der Waals surface area contributed by atoms with Gasteiger partial charge in [0.2, 0.25) is 5.91 Å². The molecule has 2 heterocycles. The summed E-state index contributed by atoms with van der Waals surface area (Å²) in [7, 11) is 1.74. The van der Waals surface area contributed by atoms with Crippen LogP contribution in [0.2, 0.25) is 5.02 Å². The Morgan fingerprint density at radius 3 is 2.62 bits per heavy atom. The SMILES string of the molecule is CC(C)NC(=O)CN(C)CC(=O)N1N=C(c2ccc(Cl)cc2)C[C@@H]1c1ccco1. The molecule has 1 aromatic heterocycles. The summed E-state index contributed by atoms with van der Waals surface area (Å²) in [5.74, 6) is 0.353. The van der Waals surface area contributed by atoms with E-state index in [4.69, 9.17) is 16.0 Å². The van der Waals surface area contributed by atoms with Crippen molar-refractivity contribution >= 4 is 29.1 Å². The summed E-state index contributed by atoms with van der Waals surface area (Å²) in [6.45, 7) is 4.00. The lowest BCUT2D eigenvalue weighted by atomic mass is 10.0. The van der Waals surface area contributed by atoms with Crippen LogP contribution in [0.1, 0.15) is 37.6 Å². The largest absolute Gasteiger partial charge is 0.467 e. The van der Waals surface area contributed by atoms with Gasteiger partial charge in [0.05, 0.1) is 25.1 Å². The van der Waals surface area contributed by atoms with E-state index >= 15 is 0 Å². The Labute approximate surface area is 175 Å². The van der Waals surface area contributed by atoms with Gasteiger partial charge in [-0.3, -0.25) is 14.5 Å². The van der Waals surface area contributed by atoms with Crippen LogP contribution in [0.5, 0.6) is 0 Å². The van der Waals surface area contributed by atoms with Crippen LogP contribution >= 0.6 is 11.6 Å².